The Morgan fingerprint density at radius 3 is 2.83 bits per heavy atom. The van der Waals surface area contributed by atoms with Crippen molar-refractivity contribution in [3.8, 4) is 5.75 Å². The molecule has 116 valence electrons. The third-order valence-corrected chi connectivity index (χ3v) is 4.65. The van der Waals surface area contributed by atoms with Crippen molar-refractivity contribution in [2.45, 2.75) is 19.8 Å². The summed E-state index contributed by atoms with van der Waals surface area (Å²) in [6.07, 6.45) is 1.89. The number of carbonyl (C=O) groups excluding carboxylic acids is 1. The van der Waals surface area contributed by atoms with E-state index in [0.29, 0.717) is 17.7 Å². The number of aromatic hydroxyl groups is 1. The molecule has 3 aromatic rings. The first kappa shape index (κ1) is 13.8. The Kier molecular flexibility index (Phi) is 2.91. The second-order valence-corrected chi connectivity index (χ2v) is 5.94. The fraction of sp³-hybridized carbons (Fsp3) is 0.222. The number of fused-ring (bicyclic) bond motifs is 3. The molecule has 1 atom stereocenters. The van der Waals surface area contributed by atoms with Crippen molar-refractivity contribution in [2.24, 2.45) is 0 Å². The fourth-order valence-corrected chi connectivity index (χ4v) is 3.24. The predicted octanol–water partition coefficient (Wildman–Crippen LogP) is 3.05. The van der Waals surface area contributed by atoms with Gasteiger partial charge < -0.3 is 14.8 Å². The molecule has 1 aliphatic rings. The molecular formula is C18H17N3O2. The molecule has 5 heteroatoms. The van der Waals surface area contributed by atoms with Crippen LogP contribution in [0.5, 0.6) is 5.75 Å². The Morgan fingerprint density at radius 1 is 1.26 bits per heavy atom. The first-order valence-electron chi connectivity index (χ1n) is 7.62. The molecule has 1 aliphatic heterocycles. The molecule has 0 amide bonds. The van der Waals surface area contributed by atoms with Gasteiger partial charge in [-0.2, -0.15) is 0 Å². The van der Waals surface area contributed by atoms with Gasteiger partial charge in [0.1, 0.15) is 5.75 Å². The molecule has 0 spiro atoms. The van der Waals surface area contributed by atoms with Gasteiger partial charge in [0.15, 0.2) is 11.4 Å². The number of benzene rings is 1. The quantitative estimate of drug-likeness (QED) is 0.725. The fourth-order valence-electron chi connectivity index (χ4n) is 3.24. The molecule has 3 heterocycles. The number of hydrogen-bond acceptors (Lipinski definition) is 4. The Balaban J connectivity index is 1.85. The Hall–Kier alpha value is -2.82. The molecule has 0 bridgehead atoms. The Bertz CT molecular complexity index is 943. The number of aromatic nitrogens is 2. The van der Waals surface area contributed by atoms with Crippen molar-refractivity contribution in [3.05, 3.63) is 59.0 Å². The zero-order chi connectivity index (χ0) is 16.1. The van der Waals surface area contributed by atoms with Crippen LogP contribution in [-0.4, -0.2) is 26.8 Å². The number of para-hydroxylation sites is 1. The molecule has 23 heavy (non-hydrogen) atoms. The third kappa shape index (κ3) is 1.93. The van der Waals surface area contributed by atoms with Gasteiger partial charge in [-0.05, 0) is 26.0 Å². The average molecular weight is 307 g/mol. The minimum Gasteiger partial charge on any atom is -0.508 e. The van der Waals surface area contributed by atoms with Crippen LogP contribution in [0, 0.1) is 13.8 Å². The maximum absolute atomic E-state index is 12.9. The molecule has 5 nitrogen and oxygen atoms in total. The number of rotatable bonds is 1. The number of phenolic OH excluding ortho intramolecular Hbond substituents is 1. The van der Waals surface area contributed by atoms with Crippen molar-refractivity contribution in [1.29, 1.82) is 0 Å². The number of hydrogen-bond donors (Lipinski definition) is 2. The molecule has 0 unspecified atom stereocenters. The number of nitrogens with one attached hydrogen (secondary N) is 1. The van der Waals surface area contributed by atoms with Crippen molar-refractivity contribution in [3.63, 3.8) is 0 Å². The van der Waals surface area contributed by atoms with Crippen LogP contribution < -0.4 is 5.32 Å². The van der Waals surface area contributed by atoms with Gasteiger partial charge in [-0.1, -0.05) is 18.2 Å². The third-order valence-electron chi connectivity index (χ3n) is 4.65. The van der Waals surface area contributed by atoms with Gasteiger partial charge >= 0.3 is 0 Å². The zero-order valence-corrected chi connectivity index (χ0v) is 13.0. The summed E-state index contributed by atoms with van der Waals surface area (Å²) in [5, 5.41) is 13.4. The van der Waals surface area contributed by atoms with E-state index < -0.39 is 0 Å². The van der Waals surface area contributed by atoms with Crippen LogP contribution in [0.15, 0.2) is 36.5 Å². The van der Waals surface area contributed by atoms with E-state index in [1.807, 2.05) is 36.6 Å². The lowest BCUT2D eigenvalue weighted by atomic mass is 9.87. The normalized spacial score (nSPS) is 17.1. The highest BCUT2D eigenvalue weighted by atomic mass is 16.3. The highest BCUT2D eigenvalue weighted by Gasteiger charge is 2.32. The van der Waals surface area contributed by atoms with Crippen LogP contribution in [0.1, 0.15) is 33.2 Å². The van der Waals surface area contributed by atoms with E-state index >= 15 is 0 Å². The average Bonchev–Trinajstić information content (AvgIpc) is 2.84. The number of ketones is 1. The number of pyridine rings is 1. The molecule has 0 aliphatic carbocycles. The largest absolute Gasteiger partial charge is 0.508 e. The summed E-state index contributed by atoms with van der Waals surface area (Å²) in [5.41, 5.74) is 4.87. The van der Waals surface area contributed by atoms with E-state index in [4.69, 9.17) is 0 Å². The van der Waals surface area contributed by atoms with Crippen LogP contribution in [0.25, 0.3) is 5.65 Å². The lowest BCUT2D eigenvalue weighted by molar-refractivity contribution is 0.0959. The maximum atomic E-state index is 12.9. The van der Waals surface area contributed by atoms with Crippen molar-refractivity contribution < 1.29 is 9.90 Å². The second-order valence-electron chi connectivity index (χ2n) is 5.94. The van der Waals surface area contributed by atoms with Crippen molar-refractivity contribution in [2.75, 3.05) is 11.9 Å². The standard InChI is InChI=1S/C18H17N3O2/c1-10-11(2)21-8-7-13-16(18(21)20-10)19-9-14(17(13)23)12-5-3-4-6-15(12)22/h3-8,14,19,22H,9H2,1-2H3/t14-/m0/s1. The van der Waals surface area contributed by atoms with Crippen LogP contribution in [0.2, 0.25) is 0 Å². The zero-order valence-electron chi connectivity index (χ0n) is 13.0. The van der Waals surface area contributed by atoms with Crippen LogP contribution in [-0.2, 0) is 0 Å². The molecule has 1 aromatic carbocycles. The SMILES string of the molecule is Cc1nc2c3c(ccn2c1C)C(=O)[C@H](c1ccccc1O)CN3. The minimum atomic E-state index is -0.386. The van der Waals surface area contributed by atoms with Gasteiger partial charge in [-0.3, -0.25) is 4.79 Å². The molecular weight excluding hydrogens is 290 g/mol. The predicted molar refractivity (Wildman–Crippen MR) is 88.3 cm³/mol. The summed E-state index contributed by atoms with van der Waals surface area (Å²) in [6, 6.07) is 8.84. The summed E-state index contributed by atoms with van der Waals surface area (Å²) in [7, 11) is 0. The summed E-state index contributed by atoms with van der Waals surface area (Å²) in [5.74, 6) is -0.214. The van der Waals surface area contributed by atoms with Crippen molar-refractivity contribution >= 4 is 17.1 Å². The smallest absolute Gasteiger partial charge is 0.174 e. The van der Waals surface area contributed by atoms with Crippen LogP contribution in [0.3, 0.4) is 0 Å². The first-order chi connectivity index (χ1) is 11.1. The van der Waals surface area contributed by atoms with E-state index in [9.17, 15) is 9.90 Å². The number of nitrogens with zero attached hydrogens (tertiary/aromatic N) is 2. The molecule has 0 saturated heterocycles. The van der Waals surface area contributed by atoms with Crippen molar-refractivity contribution in [1.82, 2.24) is 9.38 Å². The lowest BCUT2D eigenvalue weighted by Gasteiger charge is -2.26. The van der Waals surface area contributed by atoms with E-state index in [1.165, 1.54) is 0 Å². The van der Waals surface area contributed by atoms with E-state index in [2.05, 4.69) is 10.3 Å². The Morgan fingerprint density at radius 2 is 2.04 bits per heavy atom. The number of phenols is 1. The lowest BCUT2D eigenvalue weighted by Crippen LogP contribution is -2.28. The summed E-state index contributed by atoms with van der Waals surface area (Å²) < 4.78 is 1.99. The number of aryl methyl sites for hydroxylation is 2. The molecule has 2 aromatic heterocycles. The van der Waals surface area contributed by atoms with Gasteiger partial charge in [0.25, 0.3) is 0 Å². The van der Waals surface area contributed by atoms with Crippen LogP contribution in [0.4, 0.5) is 5.69 Å². The molecule has 0 fully saturated rings. The number of anilines is 1. The van der Waals surface area contributed by atoms with Gasteiger partial charge in [0, 0.05) is 29.6 Å². The number of Topliss-reactive ketones (excluding diaryl/α,β-unsaturated/α-hetero) is 1. The van der Waals surface area contributed by atoms with E-state index in [0.717, 1.165) is 22.7 Å². The summed E-state index contributed by atoms with van der Waals surface area (Å²) in [4.78, 5) is 17.5. The molecule has 0 saturated carbocycles. The van der Waals surface area contributed by atoms with Gasteiger partial charge in [-0.25, -0.2) is 4.98 Å². The van der Waals surface area contributed by atoms with E-state index in [1.54, 1.807) is 18.2 Å². The number of imidazole rings is 1. The monoisotopic (exact) mass is 307 g/mol. The molecule has 2 N–H and O–H groups in total. The second kappa shape index (κ2) is 4.84. The molecule has 4 rings (SSSR count). The van der Waals surface area contributed by atoms with Crippen LogP contribution >= 0.6 is 0 Å². The Labute approximate surface area is 133 Å². The summed E-state index contributed by atoms with van der Waals surface area (Å²) in [6.45, 7) is 4.43. The van der Waals surface area contributed by atoms with Gasteiger partial charge in [-0.15, -0.1) is 0 Å². The van der Waals surface area contributed by atoms with E-state index in [-0.39, 0.29) is 17.5 Å². The number of carbonyl (C=O) groups is 1. The van der Waals surface area contributed by atoms with Gasteiger partial charge in [0.05, 0.1) is 17.3 Å². The highest BCUT2D eigenvalue weighted by Crippen LogP contribution is 2.36. The van der Waals surface area contributed by atoms with Gasteiger partial charge in [0.2, 0.25) is 0 Å². The maximum Gasteiger partial charge on any atom is 0.174 e. The summed E-state index contributed by atoms with van der Waals surface area (Å²) >= 11 is 0. The first-order valence-corrected chi connectivity index (χ1v) is 7.62. The topological polar surface area (TPSA) is 66.6 Å². The molecule has 0 radical (unpaired) electrons. The highest BCUT2D eigenvalue weighted by molar-refractivity contribution is 6.09. The minimum absolute atomic E-state index is 0.0149.